The molecule has 0 N–H and O–H groups in total. The van der Waals surface area contributed by atoms with Crippen molar-refractivity contribution in [3.8, 4) is 11.6 Å². The Kier molecular flexibility index (Phi) is 5.94. The molecule has 0 spiro atoms. The van der Waals surface area contributed by atoms with Crippen LogP contribution in [0.1, 0.15) is 16.7 Å². The molecule has 0 saturated carbocycles. The van der Waals surface area contributed by atoms with Crippen molar-refractivity contribution in [1.29, 1.82) is 0 Å². The van der Waals surface area contributed by atoms with E-state index in [4.69, 9.17) is 4.74 Å². The van der Waals surface area contributed by atoms with Crippen molar-refractivity contribution in [2.24, 2.45) is 0 Å². The summed E-state index contributed by atoms with van der Waals surface area (Å²) in [5.41, 5.74) is 3.54. The smallest absolute Gasteiger partial charge is 0.230 e. The van der Waals surface area contributed by atoms with Gasteiger partial charge in [-0.3, -0.25) is 4.79 Å². The molecule has 4 aromatic rings. The van der Waals surface area contributed by atoms with E-state index in [1.54, 1.807) is 24.3 Å². The van der Waals surface area contributed by atoms with Crippen LogP contribution in [0, 0.1) is 12.7 Å². The van der Waals surface area contributed by atoms with Gasteiger partial charge in [0.1, 0.15) is 17.9 Å². The lowest BCUT2D eigenvalue weighted by atomic mass is 10.1. The predicted molar refractivity (Wildman–Crippen MR) is 120 cm³/mol. The normalized spacial score (nSPS) is 11.4. The number of benzene rings is 3. The Balaban J connectivity index is 1.42. The van der Waals surface area contributed by atoms with Gasteiger partial charge < -0.3 is 4.74 Å². The van der Waals surface area contributed by atoms with E-state index in [9.17, 15) is 9.18 Å². The minimum Gasteiger partial charge on any atom is -0.438 e. The average molecular weight is 410 g/mol. The molecule has 0 aliphatic rings. The summed E-state index contributed by atoms with van der Waals surface area (Å²) in [5.74, 6) is 0.672. The summed E-state index contributed by atoms with van der Waals surface area (Å²) < 4.78 is 18.9. The molecule has 0 saturated heterocycles. The van der Waals surface area contributed by atoms with Gasteiger partial charge in [0.2, 0.25) is 5.88 Å². The number of rotatable bonds is 6. The maximum absolute atomic E-state index is 12.9. The minimum atomic E-state index is -0.307. The molecule has 152 valence electrons. The Morgan fingerprint density at radius 3 is 2.19 bits per heavy atom. The van der Waals surface area contributed by atoms with E-state index in [2.05, 4.69) is 9.97 Å². The highest BCUT2D eigenvalue weighted by molar-refractivity contribution is 6.04. The zero-order chi connectivity index (χ0) is 21.6. The maximum Gasteiger partial charge on any atom is 0.230 e. The Morgan fingerprint density at radius 2 is 1.52 bits per heavy atom. The summed E-state index contributed by atoms with van der Waals surface area (Å²) in [4.78, 5) is 20.6. The molecule has 4 nitrogen and oxygen atoms in total. The minimum absolute atomic E-state index is 0.160. The number of allylic oxidation sites excluding steroid dienone is 2. The lowest BCUT2D eigenvalue weighted by Gasteiger charge is -2.08. The van der Waals surface area contributed by atoms with E-state index < -0.39 is 0 Å². The first-order chi connectivity index (χ1) is 15.1. The standard InChI is InChI=1S/C26H19FN2O2/c1-18-3-2-4-24-25(18)28-17-29-26(24)31-23-15-9-20(10-16-23)8-14-22(30)13-7-19-5-11-21(27)12-6-19/h2-17H,1H3/b13-7+,14-8+. The van der Waals surface area contributed by atoms with Crippen molar-refractivity contribution in [3.63, 3.8) is 0 Å². The molecule has 5 heteroatoms. The third-order valence-corrected chi connectivity index (χ3v) is 4.67. The zero-order valence-electron chi connectivity index (χ0n) is 16.8. The third-order valence-electron chi connectivity index (χ3n) is 4.67. The van der Waals surface area contributed by atoms with E-state index >= 15 is 0 Å². The Morgan fingerprint density at radius 1 is 0.871 bits per heavy atom. The van der Waals surface area contributed by atoms with Gasteiger partial charge in [-0.05, 0) is 66.1 Å². The molecule has 0 amide bonds. The fourth-order valence-electron chi connectivity index (χ4n) is 3.04. The van der Waals surface area contributed by atoms with Crippen LogP contribution in [0.25, 0.3) is 23.1 Å². The molecule has 0 unspecified atom stereocenters. The summed E-state index contributed by atoms with van der Waals surface area (Å²) in [6.45, 7) is 2.00. The van der Waals surface area contributed by atoms with Crippen LogP contribution in [-0.4, -0.2) is 15.8 Å². The average Bonchev–Trinajstić information content (AvgIpc) is 2.79. The summed E-state index contributed by atoms with van der Waals surface area (Å²) in [6.07, 6.45) is 7.80. The van der Waals surface area contributed by atoms with Crippen LogP contribution in [0.15, 0.2) is 85.2 Å². The largest absolute Gasteiger partial charge is 0.438 e. The van der Waals surface area contributed by atoms with E-state index in [0.717, 1.165) is 27.6 Å². The highest BCUT2D eigenvalue weighted by atomic mass is 19.1. The number of hydrogen-bond donors (Lipinski definition) is 0. The number of para-hydroxylation sites is 1. The van der Waals surface area contributed by atoms with Gasteiger partial charge in [-0.15, -0.1) is 0 Å². The monoisotopic (exact) mass is 410 g/mol. The molecule has 0 aliphatic heterocycles. The predicted octanol–water partition coefficient (Wildman–Crippen LogP) is 6.17. The van der Waals surface area contributed by atoms with Gasteiger partial charge in [0.25, 0.3) is 0 Å². The van der Waals surface area contributed by atoms with E-state index in [1.165, 1.54) is 30.6 Å². The molecule has 0 radical (unpaired) electrons. The SMILES string of the molecule is Cc1cccc2c(Oc3ccc(/C=C/C(=O)/C=C/c4ccc(F)cc4)cc3)ncnc12. The summed E-state index contributed by atoms with van der Waals surface area (Å²) in [7, 11) is 0. The van der Waals surface area contributed by atoms with Crippen molar-refractivity contribution in [2.75, 3.05) is 0 Å². The van der Waals surface area contributed by atoms with Crippen molar-refractivity contribution in [2.45, 2.75) is 6.92 Å². The first-order valence-electron chi connectivity index (χ1n) is 9.72. The summed E-state index contributed by atoms with van der Waals surface area (Å²) in [5, 5.41) is 0.852. The second-order valence-electron chi connectivity index (χ2n) is 6.94. The number of ether oxygens (including phenoxy) is 1. The zero-order valence-corrected chi connectivity index (χ0v) is 16.8. The van der Waals surface area contributed by atoms with Crippen molar-refractivity contribution < 1.29 is 13.9 Å². The number of ketones is 1. The van der Waals surface area contributed by atoms with Gasteiger partial charge in [0.15, 0.2) is 5.78 Å². The highest BCUT2D eigenvalue weighted by Gasteiger charge is 2.07. The molecule has 3 aromatic carbocycles. The first-order valence-corrected chi connectivity index (χ1v) is 9.72. The van der Waals surface area contributed by atoms with Crippen LogP contribution in [0.4, 0.5) is 4.39 Å². The fourth-order valence-corrected chi connectivity index (χ4v) is 3.04. The van der Waals surface area contributed by atoms with Crippen LogP contribution in [0.5, 0.6) is 11.6 Å². The van der Waals surface area contributed by atoms with Gasteiger partial charge in [0, 0.05) is 0 Å². The molecule has 1 aromatic heterocycles. The van der Waals surface area contributed by atoms with Gasteiger partial charge in [-0.1, -0.05) is 48.6 Å². The third kappa shape index (κ3) is 5.08. The van der Waals surface area contributed by atoms with Crippen LogP contribution in [0.3, 0.4) is 0 Å². The highest BCUT2D eigenvalue weighted by Crippen LogP contribution is 2.28. The Labute approximate surface area is 179 Å². The molecule has 31 heavy (non-hydrogen) atoms. The number of carbonyl (C=O) groups is 1. The van der Waals surface area contributed by atoms with Crippen LogP contribution < -0.4 is 4.74 Å². The molecule has 0 fully saturated rings. The molecular formula is C26H19FN2O2. The maximum atomic E-state index is 12.9. The molecule has 0 bridgehead atoms. The van der Waals surface area contributed by atoms with Crippen LogP contribution in [0.2, 0.25) is 0 Å². The van der Waals surface area contributed by atoms with Gasteiger partial charge in [-0.2, -0.15) is 0 Å². The molecule has 1 heterocycles. The van der Waals surface area contributed by atoms with Gasteiger partial charge in [0.05, 0.1) is 10.9 Å². The van der Waals surface area contributed by atoms with Gasteiger partial charge in [-0.25, -0.2) is 14.4 Å². The summed E-state index contributed by atoms with van der Waals surface area (Å²) >= 11 is 0. The van der Waals surface area contributed by atoms with Crippen molar-refractivity contribution >= 4 is 28.8 Å². The number of aromatic nitrogens is 2. The van der Waals surface area contributed by atoms with E-state index in [1.807, 2.05) is 49.4 Å². The number of halogens is 1. The lowest BCUT2D eigenvalue weighted by molar-refractivity contribution is -0.110. The Hall–Kier alpha value is -4.12. The molecule has 0 atom stereocenters. The number of hydrogen-bond acceptors (Lipinski definition) is 4. The number of aryl methyl sites for hydroxylation is 1. The molecule has 4 rings (SSSR count). The van der Waals surface area contributed by atoms with Crippen LogP contribution >= 0.6 is 0 Å². The van der Waals surface area contributed by atoms with Crippen molar-refractivity contribution in [3.05, 3.63) is 108 Å². The quantitative estimate of drug-likeness (QED) is 0.357. The number of carbonyl (C=O) groups excluding carboxylic acids is 1. The van der Waals surface area contributed by atoms with Gasteiger partial charge >= 0.3 is 0 Å². The molecular weight excluding hydrogens is 391 g/mol. The second kappa shape index (κ2) is 9.13. The first kappa shape index (κ1) is 20.2. The summed E-state index contributed by atoms with van der Waals surface area (Å²) in [6, 6.07) is 19.2. The van der Waals surface area contributed by atoms with Crippen molar-refractivity contribution in [1.82, 2.24) is 9.97 Å². The van der Waals surface area contributed by atoms with Crippen LogP contribution in [-0.2, 0) is 4.79 Å². The Bertz CT molecular complexity index is 1280. The fraction of sp³-hybridized carbons (Fsp3) is 0.0385. The lowest BCUT2D eigenvalue weighted by Crippen LogP contribution is -1.92. The molecule has 0 aliphatic carbocycles. The second-order valence-corrected chi connectivity index (χ2v) is 6.94. The number of fused-ring (bicyclic) bond motifs is 1. The topological polar surface area (TPSA) is 52.1 Å². The van der Waals surface area contributed by atoms with E-state index in [-0.39, 0.29) is 11.6 Å². The number of nitrogens with zero attached hydrogens (tertiary/aromatic N) is 2. The van der Waals surface area contributed by atoms with E-state index in [0.29, 0.717) is 11.6 Å².